The molecule has 0 unspecified atom stereocenters. The molecule has 0 bridgehead atoms. The highest BCUT2D eigenvalue weighted by Gasteiger charge is 2.14. The fourth-order valence-electron chi connectivity index (χ4n) is 1.21. The van der Waals surface area contributed by atoms with Gasteiger partial charge in [-0.1, -0.05) is 30.3 Å². The molecule has 15 heavy (non-hydrogen) atoms. The number of carboxylic acids is 1. The first-order valence-corrected chi connectivity index (χ1v) is 4.65. The van der Waals surface area contributed by atoms with Crippen LogP contribution in [0.3, 0.4) is 0 Å². The molecule has 0 aliphatic rings. The Kier molecular flexibility index (Phi) is 3.85. The van der Waals surface area contributed by atoms with Crippen molar-refractivity contribution in [2.45, 2.75) is 12.8 Å². The Morgan fingerprint density at radius 2 is 1.93 bits per heavy atom. The van der Waals surface area contributed by atoms with E-state index in [0.717, 1.165) is 5.56 Å². The largest absolute Gasteiger partial charge is 0.480 e. The van der Waals surface area contributed by atoms with Crippen molar-refractivity contribution in [3.05, 3.63) is 35.9 Å². The van der Waals surface area contributed by atoms with Crippen molar-refractivity contribution < 1.29 is 14.7 Å². The second kappa shape index (κ2) is 5.14. The van der Waals surface area contributed by atoms with Crippen molar-refractivity contribution in [1.29, 1.82) is 0 Å². The minimum absolute atomic E-state index is 0.274. The average Bonchev–Trinajstić information content (AvgIpc) is 2.26. The molecule has 1 atom stereocenters. The fourth-order valence-corrected chi connectivity index (χ4v) is 1.21. The maximum atomic E-state index is 11.5. The zero-order valence-electron chi connectivity index (χ0n) is 8.43. The number of nitrogens with one attached hydrogen (secondary N) is 1. The van der Waals surface area contributed by atoms with Crippen molar-refractivity contribution in [3.63, 3.8) is 0 Å². The van der Waals surface area contributed by atoms with Crippen LogP contribution in [0.2, 0.25) is 0 Å². The van der Waals surface area contributed by atoms with Crippen LogP contribution in [-0.2, 0) is 9.59 Å². The van der Waals surface area contributed by atoms with Gasteiger partial charge in [0.15, 0.2) is 0 Å². The van der Waals surface area contributed by atoms with Crippen molar-refractivity contribution in [2.24, 2.45) is 0 Å². The number of benzene rings is 1. The van der Waals surface area contributed by atoms with Crippen LogP contribution in [-0.4, -0.2) is 23.5 Å². The summed E-state index contributed by atoms with van der Waals surface area (Å²) in [6, 6.07) is 9.23. The van der Waals surface area contributed by atoms with Gasteiger partial charge in [-0.2, -0.15) is 0 Å². The van der Waals surface area contributed by atoms with Gasteiger partial charge in [-0.05, 0) is 12.5 Å². The quantitative estimate of drug-likeness (QED) is 0.773. The number of hydrogen-bond donors (Lipinski definition) is 2. The molecule has 0 spiro atoms. The van der Waals surface area contributed by atoms with E-state index >= 15 is 0 Å². The highest BCUT2D eigenvalue weighted by molar-refractivity contribution is 5.86. The Labute approximate surface area is 87.9 Å². The SMILES string of the molecule is C[C@H](C(=O)NCC(=O)O)c1ccccc1. The average molecular weight is 207 g/mol. The van der Waals surface area contributed by atoms with Crippen LogP contribution >= 0.6 is 0 Å². The van der Waals surface area contributed by atoms with Gasteiger partial charge in [-0.15, -0.1) is 0 Å². The molecule has 1 amide bonds. The first-order chi connectivity index (χ1) is 7.11. The zero-order valence-corrected chi connectivity index (χ0v) is 8.43. The lowest BCUT2D eigenvalue weighted by Gasteiger charge is -2.10. The normalized spacial score (nSPS) is 11.8. The summed E-state index contributed by atoms with van der Waals surface area (Å²) in [6.07, 6.45) is 0. The van der Waals surface area contributed by atoms with Crippen LogP contribution in [0.5, 0.6) is 0 Å². The first kappa shape index (κ1) is 11.2. The smallest absolute Gasteiger partial charge is 0.322 e. The summed E-state index contributed by atoms with van der Waals surface area (Å²) in [6.45, 7) is 1.41. The van der Waals surface area contributed by atoms with E-state index in [0.29, 0.717) is 0 Å². The zero-order chi connectivity index (χ0) is 11.3. The van der Waals surface area contributed by atoms with Gasteiger partial charge in [0.2, 0.25) is 5.91 Å². The second-order valence-electron chi connectivity index (χ2n) is 3.24. The third-order valence-corrected chi connectivity index (χ3v) is 2.11. The van der Waals surface area contributed by atoms with Gasteiger partial charge in [-0.25, -0.2) is 0 Å². The van der Waals surface area contributed by atoms with Gasteiger partial charge in [0, 0.05) is 0 Å². The Hall–Kier alpha value is -1.84. The number of hydrogen-bond acceptors (Lipinski definition) is 2. The van der Waals surface area contributed by atoms with Crippen LogP contribution in [0.25, 0.3) is 0 Å². The molecule has 1 aromatic carbocycles. The standard InChI is InChI=1S/C11H13NO3/c1-8(9-5-3-2-4-6-9)11(15)12-7-10(13)14/h2-6,8H,7H2,1H3,(H,12,15)(H,13,14)/t8-/m0/s1. The Morgan fingerprint density at radius 3 is 2.47 bits per heavy atom. The molecule has 0 saturated heterocycles. The number of carbonyl (C=O) groups is 2. The van der Waals surface area contributed by atoms with Crippen LogP contribution in [0.4, 0.5) is 0 Å². The lowest BCUT2D eigenvalue weighted by atomic mass is 10.0. The highest BCUT2D eigenvalue weighted by Crippen LogP contribution is 2.13. The van der Waals surface area contributed by atoms with E-state index in [1.165, 1.54) is 0 Å². The van der Waals surface area contributed by atoms with Crippen LogP contribution < -0.4 is 5.32 Å². The highest BCUT2D eigenvalue weighted by atomic mass is 16.4. The predicted molar refractivity (Wildman–Crippen MR) is 55.5 cm³/mol. The molecule has 0 saturated carbocycles. The molecule has 0 radical (unpaired) electrons. The van der Waals surface area contributed by atoms with Gasteiger partial charge in [0.25, 0.3) is 0 Å². The van der Waals surface area contributed by atoms with E-state index in [9.17, 15) is 9.59 Å². The molecule has 80 valence electrons. The second-order valence-corrected chi connectivity index (χ2v) is 3.24. The molecule has 0 heterocycles. The van der Waals surface area contributed by atoms with E-state index in [1.54, 1.807) is 6.92 Å². The lowest BCUT2D eigenvalue weighted by molar-refractivity contribution is -0.138. The number of rotatable bonds is 4. The molecule has 0 aliphatic heterocycles. The maximum absolute atomic E-state index is 11.5. The van der Waals surface area contributed by atoms with Crippen LogP contribution in [0.15, 0.2) is 30.3 Å². The summed E-state index contributed by atoms with van der Waals surface area (Å²) in [5.41, 5.74) is 0.875. The predicted octanol–water partition coefficient (Wildman–Crippen LogP) is 0.991. The molecule has 1 rings (SSSR count). The maximum Gasteiger partial charge on any atom is 0.322 e. The summed E-state index contributed by atoms with van der Waals surface area (Å²) < 4.78 is 0. The third-order valence-electron chi connectivity index (χ3n) is 2.11. The molecule has 2 N–H and O–H groups in total. The van der Waals surface area contributed by atoms with Gasteiger partial charge in [0.05, 0.1) is 5.92 Å². The van der Waals surface area contributed by atoms with Crippen molar-refractivity contribution in [1.82, 2.24) is 5.32 Å². The van der Waals surface area contributed by atoms with Crippen LogP contribution in [0.1, 0.15) is 18.4 Å². The number of amides is 1. The van der Waals surface area contributed by atoms with E-state index in [4.69, 9.17) is 5.11 Å². The van der Waals surface area contributed by atoms with Crippen molar-refractivity contribution in [2.75, 3.05) is 6.54 Å². The molecule has 1 aromatic rings. The Morgan fingerprint density at radius 1 is 1.33 bits per heavy atom. The number of carbonyl (C=O) groups excluding carboxylic acids is 1. The summed E-state index contributed by atoms with van der Waals surface area (Å²) >= 11 is 0. The van der Waals surface area contributed by atoms with E-state index in [2.05, 4.69) is 5.32 Å². The molecule has 4 nitrogen and oxygen atoms in total. The van der Waals surface area contributed by atoms with Crippen LogP contribution in [0, 0.1) is 0 Å². The molecular weight excluding hydrogens is 194 g/mol. The summed E-state index contributed by atoms with van der Waals surface area (Å²) in [7, 11) is 0. The number of carboxylic acid groups (broad SMARTS) is 1. The lowest BCUT2D eigenvalue weighted by Crippen LogP contribution is -2.32. The molecule has 0 aromatic heterocycles. The molecule has 0 fully saturated rings. The van der Waals surface area contributed by atoms with Gasteiger partial charge < -0.3 is 10.4 Å². The summed E-state index contributed by atoms with van der Waals surface area (Å²) in [5.74, 6) is -1.64. The van der Waals surface area contributed by atoms with E-state index < -0.39 is 5.97 Å². The monoisotopic (exact) mass is 207 g/mol. The van der Waals surface area contributed by atoms with E-state index in [-0.39, 0.29) is 18.4 Å². The van der Waals surface area contributed by atoms with Crippen molar-refractivity contribution >= 4 is 11.9 Å². The van der Waals surface area contributed by atoms with Gasteiger partial charge >= 0.3 is 5.97 Å². The minimum Gasteiger partial charge on any atom is -0.480 e. The van der Waals surface area contributed by atoms with Gasteiger partial charge in [-0.3, -0.25) is 9.59 Å². The third kappa shape index (κ3) is 3.42. The molecule has 0 aliphatic carbocycles. The minimum atomic E-state index is -1.04. The Balaban J connectivity index is 2.57. The fraction of sp³-hybridized carbons (Fsp3) is 0.273. The van der Waals surface area contributed by atoms with E-state index in [1.807, 2.05) is 30.3 Å². The number of aliphatic carboxylic acids is 1. The van der Waals surface area contributed by atoms with Crippen molar-refractivity contribution in [3.8, 4) is 0 Å². The first-order valence-electron chi connectivity index (χ1n) is 4.65. The molecule has 4 heteroatoms. The summed E-state index contributed by atoms with van der Waals surface area (Å²) in [4.78, 5) is 21.7. The van der Waals surface area contributed by atoms with Gasteiger partial charge in [0.1, 0.15) is 6.54 Å². The summed E-state index contributed by atoms with van der Waals surface area (Å²) in [5, 5.41) is 10.7. The Bertz CT molecular complexity index is 348. The topological polar surface area (TPSA) is 66.4 Å². The molecular formula is C11H13NO3.